The second-order valence-electron chi connectivity index (χ2n) is 4.82. The van der Waals surface area contributed by atoms with Gasteiger partial charge in [-0.3, -0.25) is 4.72 Å². The Bertz CT molecular complexity index is 915. The van der Waals surface area contributed by atoms with Crippen LogP contribution in [0.3, 0.4) is 0 Å². The van der Waals surface area contributed by atoms with E-state index in [2.05, 4.69) is 9.71 Å². The molecule has 114 valence electrons. The third-order valence-electron chi connectivity index (χ3n) is 3.22. The van der Waals surface area contributed by atoms with Gasteiger partial charge in [0.05, 0.1) is 23.4 Å². The summed E-state index contributed by atoms with van der Waals surface area (Å²) in [7, 11) is -2.15. The summed E-state index contributed by atoms with van der Waals surface area (Å²) in [6.07, 6.45) is 3.65. The molecule has 0 aliphatic carbocycles. The van der Waals surface area contributed by atoms with Crippen LogP contribution in [0.2, 0.25) is 0 Å². The number of imidazole rings is 1. The SMILES string of the molecule is COc1ccc(S(=O)(=O)Nc2cccn3cc(C)nc23)cc1. The van der Waals surface area contributed by atoms with Crippen LogP contribution in [0.15, 0.2) is 53.7 Å². The maximum absolute atomic E-state index is 12.5. The van der Waals surface area contributed by atoms with Gasteiger partial charge in [-0.15, -0.1) is 0 Å². The molecule has 6 nitrogen and oxygen atoms in total. The molecular formula is C15H15N3O3S. The Labute approximate surface area is 128 Å². The van der Waals surface area contributed by atoms with Crippen LogP contribution >= 0.6 is 0 Å². The van der Waals surface area contributed by atoms with Gasteiger partial charge in [0.25, 0.3) is 10.0 Å². The molecule has 22 heavy (non-hydrogen) atoms. The number of pyridine rings is 1. The number of ether oxygens (including phenoxy) is 1. The van der Waals surface area contributed by atoms with E-state index >= 15 is 0 Å². The van der Waals surface area contributed by atoms with Crippen molar-refractivity contribution in [2.45, 2.75) is 11.8 Å². The van der Waals surface area contributed by atoms with Gasteiger partial charge in [-0.1, -0.05) is 0 Å². The van der Waals surface area contributed by atoms with Crippen molar-refractivity contribution in [3.05, 3.63) is 54.5 Å². The molecule has 0 atom stereocenters. The van der Waals surface area contributed by atoms with E-state index in [-0.39, 0.29) is 4.90 Å². The molecule has 0 unspecified atom stereocenters. The predicted octanol–water partition coefficient (Wildman–Crippen LogP) is 2.45. The van der Waals surface area contributed by atoms with E-state index in [9.17, 15) is 8.42 Å². The number of benzene rings is 1. The zero-order valence-corrected chi connectivity index (χ0v) is 13.0. The van der Waals surface area contributed by atoms with Crippen LogP contribution in [0.5, 0.6) is 5.75 Å². The van der Waals surface area contributed by atoms with Crippen LogP contribution in [-0.4, -0.2) is 24.9 Å². The Morgan fingerprint density at radius 2 is 1.91 bits per heavy atom. The lowest BCUT2D eigenvalue weighted by atomic mass is 10.3. The molecule has 2 heterocycles. The number of anilines is 1. The lowest BCUT2D eigenvalue weighted by Gasteiger charge is -2.09. The third-order valence-corrected chi connectivity index (χ3v) is 4.60. The highest BCUT2D eigenvalue weighted by Gasteiger charge is 2.16. The lowest BCUT2D eigenvalue weighted by Crippen LogP contribution is -2.13. The number of aryl methyl sites for hydroxylation is 1. The average Bonchev–Trinajstić information content (AvgIpc) is 2.88. The molecule has 0 bridgehead atoms. The number of aromatic nitrogens is 2. The number of sulfonamides is 1. The first-order valence-electron chi connectivity index (χ1n) is 6.61. The van der Waals surface area contributed by atoms with Crippen LogP contribution in [-0.2, 0) is 10.0 Å². The van der Waals surface area contributed by atoms with Crippen molar-refractivity contribution in [3.63, 3.8) is 0 Å². The zero-order chi connectivity index (χ0) is 15.7. The van der Waals surface area contributed by atoms with Crippen LogP contribution in [0.4, 0.5) is 5.69 Å². The molecule has 0 saturated carbocycles. The number of hydrogen-bond donors (Lipinski definition) is 1. The van der Waals surface area contributed by atoms with E-state index in [1.807, 2.05) is 19.3 Å². The number of hydrogen-bond acceptors (Lipinski definition) is 4. The monoisotopic (exact) mass is 317 g/mol. The molecule has 3 rings (SSSR count). The van der Waals surface area contributed by atoms with E-state index in [1.54, 1.807) is 28.7 Å². The third kappa shape index (κ3) is 2.62. The van der Waals surface area contributed by atoms with Crippen molar-refractivity contribution >= 4 is 21.4 Å². The summed E-state index contributed by atoms with van der Waals surface area (Å²) in [5, 5.41) is 0. The van der Waals surface area contributed by atoms with Crippen molar-refractivity contribution in [1.29, 1.82) is 0 Å². The summed E-state index contributed by atoms with van der Waals surface area (Å²) in [5.74, 6) is 0.602. The van der Waals surface area contributed by atoms with Gasteiger partial charge in [0.15, 0.2) is 5.65 Å². The molecule has 1 N–H and O–H groups in total. The quantitative estimate of drug-likeness (QED) is 0.802. The van der Waals surface area contributed by atoms with Crippen LogP contribution in [0.25, 0.3) is 5.65 Å². The standard InChI is InChI=1S/C15H15N3O3S/c1-11-10-18-9-3-4-14(15(18)16-11)17-22(19,20)13-7-5-12(21-2)6-8-13/h3-10,17H,1-2H3. The van der Waals surface area contributed by atoms with Crippen LogP contribution < -0.4 is 9.46 Å². The Kier molecular flexibility index (Phi) is 3.50. The van der Waals surface area contributed by atoms with Gasteiger partial charge < -0.3 is 9.14 Å². The van der Waals surface area contributed by atoms with E-state index in [4.69, 9.17) is 4.74 Å². The molecule has 0 aliphatic rings. The van der Waals surface area contributed by atoms with E-state index in [0.717, 1.165) is 5.69 Å². The Balaban J connectivity index is 1.98. The zero-order valence-electron chi connectivity index (χ0n) is 12.1. The summed E-state index contributed by atoms with van der Waals surface area (Å²) in [6.45, 7) is 1.86. The highest BCUT2D eigenvalue weighted by Crippen LogP contribution is 2.22. The van der Waals surface area contributed by atoms with Crippen molar-refractivity contribution < 1.29 is 13.2 Å². The largest absolute Gasteiger partial charge is 0.497 e. The molecule has 0 aliphatic heterocycles. The molecule has 0 spiro atoms. The molecule has 7 heteroatoms. The van der Waals surface area contributed by atoms with Crippen molar-refractivity contribution in [2.75, 3.05) is 11.8 Å². The molecule has 2 aromatic heterocycles. The average molecular weight is 317 g/mol. The minimum atomic E-state index is -3.68. The highest BCUT2D eigenvalue weighted by molar-refractivity contribution is 7.92. The molecule has 0 radical (unpaired) electrons. The van der Waals surface area contributed by atoms with Gasteiger partial charge in [0, 0.05) is 12.4 Å². The first kappa shape index (κ1) is 14.4. The minimum Gasteiger partial charge on any atom is -0.497 e. The molecule has 0 amide bonds. The molecular weight excluding hydrogens is 302 g/mol. The fourth-order valence-corrected chi connectivity index (χ4v) is 3.23. The summed E-state index contributed by atoms with van der Waals surface area (Å²) < 4.78 is 34.3. The summed E-state index contributed by atoms with van der Waals surface area (Å²) >= 11 is 0. The van der Waals surface area contributed by atoms with E-state index in [0.29, 0.717) is 17.1 Å². The first-order chi connectivity index (χ1) is 10.5. The summed E-state index contributed by atoms with van der Waals surface area (Å²) in [5.41, 5.74) is 1.82. The fraction of sp³-hybridized carbons (Fsp3) is 0.133. The van der Waals surface area contributed by atoms with E-state index in [1.165, 1.54) is 19.2 Å². The van der Waals surface area contributed by atoms with Crippen molar-refractivity contribution in [2.24, 2.45) is 0 Å². The topological polar surface area (TPSA) is 72.7 Å². The number of rotatable bonds is 4. The molecule has 3 aromatic rings. The van der Waals surface area contributed by atoms with Crippen molar-refractivity contribution in [1.82, 2.24) is 9.38 Å². The molecule has 0 fully saturated rings. The van der Waals surface area contributed by atoms with Gasteiger partial charge in [0.1, 0.15) is 5.75 Å². The second-order valence-corrected chi connectivity index (χ2v) is 6.50. The predicted molar refractivity (Wildman–Crippen MR) is 83.7 cm³/mol. The molecule has 0 saturated heterocycles. The fourth-order valence-electron chi connectivity index (χ4n) is 2.17. The summed E-state index contributed by atoms with van der Waals surface area (Å²) in [4.78, 5) is 4.50. The van der Waals surface area contributed by atoms with Gasteiger partial charge in [0.2, 0.25) is 0 Å². The maximum Gasteiger partial charge on any atom is 0.262 e. The first-order valence-corrected chi connectivity index (χ1v) is 8.09. The Morgan fingerprint density at radius 1 is 1.18 bits per heavy atom. The number of nitrogens with zero attached hydrogens (tertiary/aromatic N) is 2. The van der Waals surface area contributed by atoms with Gasteiger partial charge >= 0.3 is 0 Å². The minimum absolute atomic E-state index is 0.165. The number of nitrogens with one attached hydrogen (secondary N) is 1. The summed E-state index contributed by atoms with van der Waals surface area (Å²) in [6, 6.07) is 9.66. The Hall–Kier alpha value is -2.54. The van der Waals surface area contributed by atoms with Gasteiger partial charge in [-0.25, -0.2) is 13.4 Å². The maximum atomic E-state index is 12.5. The second kappa shape index (κ2) is 5.34. The number of methoxy groups -OCH3 is 1. The van der Waals surface area contributed by atoms with E-state index < -0.39 is 10.0 Å². The van der Waals surface area contributed by atoms with Gasteiger partial charge in [-0.05, 0) is 43.3 Å². The normalized spacial score (nSPS) is 11.5. The smallest absolute Gasteiger partial charge is 0.262 e. The lowest BCUT2D eigenvalue weighted by molar-refractivity contribution is 0.414. The van der Waals surface area contributed by atoms with Crippen molar-refractivity contribution in [3.8, 4) is 5.75 Å². The van der Waals surface area contributed by atoms with Gasteiger partial charge in [-0.2, -0.15) is 0 Å². The number of fused-ring (bicyclic) bond motifs is 1. The van der Waals surface area contributed by atoms with Crippen LogP contribution in [0, 0.1) is 6.92 Å². The van der Waals surface area contributed by atoms with Crippen LogP contribution in [0.1, 0.15) is 5.69 Å². The Morgan fingerprint density at radius 3 is 2.59 bits per heavy atom. The molecule has 1 aromatic carbocycles. The highest BCUT2D eigenvalue weighted by atomic mass is 32.2.